The molecule has 0 saturated carbocycles. The number of fused-ring (bicyclic) bond motifs is 3. The average Bonchev–Trinajstić information content (AvgIpc) is 3.35. The lowest BCUT2D eigenvalue weighted by molar-refractivity contribution is 0.0193. The summed E-state index contributed by atoms with van der Waals surface area (Å²) in [4.78, 5) is 42.2. The molecule has 0 spiro atoms. The molecule has 0 fully saturated rings. The Morgan fingerprint density at radius 2 is 0.984 bits per heavy atom. The van der Waals surface area contributed by atoms with Gasteiger partial charge in [-0.1, -0.05) is 0 Å². The van der Waals surface area contributed by atoms with E-state index in [-0.39, 0.29) is 52.0 Å². The summed E-state index contributed by atoms with van der Waals surface area (Å²) in [7, 11) is 0. The van der Waals surface area contributed by atoms with E-state index < -0.39 is 133 Å². The number of rotatable bonds is 6. The van der Waals surface area contributed by atoms with Crippen LogP contribution in [-0.4, -0.2) is 90.5 Å². The number of phenolic OH excluding ortho intramolecular Hbond substituents is 11. The van der Waals surface area contributed by atoms with Gasteiger partial charge in [-0.05, 0) is 53.4 Å². The molecule has 63 heavy (non-hydrogen) atoms. The molecule has 2 heterocycles. The number of phenols is 11. The Bertz CT molecular complexity index is 2950. The largest absolute Gasteiger partial charge is 0.508 e. The van der Waals surface area contributed by atoms with Crippen LogP contribution < -0.4 is 24.4 Å². The van der Waals surface area contributed by atoms with Gasteiger partial charge in [-0.3, -0.25) is 4.79 Å². The molecule has 0 bridgehead atoms. The summed E-state index contributed by atoms with van der Waals surface area (Å²) in [5.41, 5.74) is -2.99. The van der Waals surface area contributed by atoms with Crippen LogP contribution in [-0.2, 0) is 12.8 Å². The Morgan fingerprint density at radius 1 is 0.524 bits per heavy atom. The van der Waals surface area contributed by atoms with Crippen molar-refractivity contribution < 1.29 is 94.9 Å². The summed E-state index contributed by atoms with van der Waals surface area (Å²) in [5, 5.41) is 135. The molecule has 0 amide bonds. The number of hydrogen-bond donors (Lipinski definition) is 13. The van der Waals surface area contributed by atoms with E-state index in [9.17, 15) is 80.8 Å². The van der Waals surface area contributed by atoms with Crippen molar-refractivity contribution in [2.24, 2.45) is 0 Å². The van der Waals surface area contributed by atoms with Crippen LogP contribution in [0, 0.1) is 0 Å². The minimum atomic E-state index is -1.60. The average molecular weight is 869 g/mol. The number of carbonyl (C=O) groups is 2. The van der Waals surface area contributed by atoms with E-state index in [1.54, 1.807) is 0 Å². The zero-order chi connectivity index (χ0) is 45.3. The Labute approximate surface area is 351 Å². The third-order valence-electron chi connectivity index (χ3n) is 10.4. The highest BCUT2D eigenvalue weighted by Gasteiger charge is 2.38. The normalized spacial score (nSPS) is 17.7. The molecule has 4 atom stereocenters. The highest BCUT2D eigenvalue weighted by molar-refractivity contribution is 6.00. The lowest BCUT2D eigenvalue weighted by Gasteiger charge is -2.32. The fraction of sp³-hybridized carbons (Fsp3) is 0.140. The van der Waals surface area contributed by atoms with E-state index in [2.05, 4.69) is 0 Å². The lowest BCUT2D eigenvalue weighted by atomic mass is 9.90. The van der Waals surface area contributed by atoms with E-state index in [4.69, 9.17) is 18.9 Å². The number of benzene rings is 5. The highest BCUT2D eigenvalue weighted by atomic mass is 16.5. The van der Waals surface area contributed by atoms with Crippen molar-refractivity contribution in [1.82, 2.24) is 0 Å². The molecule has 8 rings (SSSR count). The Balaban J connectivity index is 1.41. The monoisotopic (exact) mass is 868 g/mol. The van der Waals surface area contributed by atoms with E-state index in [0.717, 1.165) is 42.5 Å². The maximum atomic E-state index is 15.0. The second-order valence-electron chi connectivity index (χ2n) is 14.6. The predicted molar refractivity (Wildman–Crippen MR) is 210 cm³/mol. The number of aliphatic hydroxyl groups excluding tert-OH is 2. The molecule has 2 aliphatic rings. The number of aliphatic hydroxyl groups is 2. The minimum absolute atomic E-state index is 0.0659. The Morgan fingerprint density at radius 3 is 1.49 bits per heavy atom. The molecule has 0 radical (unpaired) electrons. The van der Waals surface area contributed by atoms with Crippen molar-refractivity contribution >= 4 is 22.7 Å². The van der Waals surface area contributed by atoms with Gasteiger partial charge in [-0.2, -0.15) is 0 Å². The molecule has 0 saturated heterocycles. The van der Waals surface area contributed by atoms with Gasteiger partial charge in [-0.25, -0.2) is 9.59 Å². The zero-order valence-corrected chi connectivity index (χ0v) is 31.7. The topological polar surface area (TPSA) is 351 Å². The maximum Gasteiger partial charge on any atom is 0.343 e. The van der Waals surface area contributed by atoms with Crippen LogP contribution in [0.2, 0.25) is 0 Å². The standard InChI is InChI=1S/C43H32O20/c44-17-7-23(46)21-12-29(52)39(60-32(21)9-17)14-1-19-20(40-30(53)13-22-24(47)8-18(45)10-33(22)61-40)11-31(54)41(63-43(59)16-4-27(50)37(56)28(51)5-16)35(19)38(57)34(6-14)62-42(58)15-2-25(48)36(55)26(49)3-15/h1-11,29-30,39-40,44-56H,12-13H2. The number of hydrogen-bond acceptors (Lipinski definition) is 20. The summed E-state index contributed by atoms with van der Waals surface area (Å²) in [6, 6.07) is 9.92. The van der Waals surface area contributed by atoms with Crippen LogP contribution in [0.15, 0.2) is 71.5 Å². The second kappa shape index (κ2) is 15.2. The molecule has 0 aromatic heterocycles. The third kappa shape index (κ3) is 7.29. The SMILES string of the molecule is O=C(Oc1cc(C2Oc3cc(O)cc(O)c3CC2O)cc2c(C3Oc4cc(O)cc(O)c4CC3O)cc(O)c(OC(=O)c3cc(O)c(O)c(O)c3)c2c1=O)c1cc(O)c(O)c(O)c1. The van der Waals surface area contributed by atoms with Gasteiger partial charge in [0.05, 0.1) is 28.7 Å². The van der Waals surface area contributed by atoms with Crippen molar-refractivity contribution in [3.63, 3.8) is 0 Å². The van der Waals surface area contributed by atoms with Crippen LogP contribution in [0.1, 0.15) is 55.2 Å². The maximum absolute atomic E-state index is 15.0. The number of ether oxygens (including phenoxy) is 4. The van der Waals surface area contributed by atoms with E-state index in [1.807, 2.05) is 0 Å². The van der Waals surface area contributed by atoms with Gasteiger partial charge < -0.3 is 85.3 Å². The molecule has 20 nitrogen and oxygen atoms in total. The minimum Gasteiger partial charge on any atom is -0.508 e. The summed E-state index contributed by atoms with van der Waals surface area (Å²) in [5.74, 6) is -13.8. The molecule has 4 unspecified atom stereocenters. The van der Waals surface area contributed by atoms with Crippen molar-refractivity contribution in [3.05, 3.63) is 110 Å². The van der Waals surface area contributed by atoms with Crippen molar-refractivity contribution in [2.45, 2.75) is 37.3 Å². The summed E-state index contributed by atoms with van der Waals surface area (Å²) in [6.45, 7) is 0. The Hall–Kier alpha value is -8.49. The summed E-state index contributed by atoms with van der Waals surface area (Å²) >= 11 is 0. The first kappa shape index (κ1) is 41.3. The van der Waals surface area contributed by atoms with E-state index in [0.29, 0.717) is 24.3 Å². The fourth-order valence-electron chi connectivity index (χ4n) is 7.43. The lowest BCUT2D eigenvalue weighted by Crippen LogP contribution is -2.31. The number of esters is 2. The number of carbonyl (C=O) groups excluding carboxylic acids is 2. The Kier molecular flexibility index (Phi) is 9.96. The molecular formula is C43H32O20. The van der Waals surface area contributed by atoms with Crippen molar-refractivity contribution in [2.75, 3.05) is 0 Å². The third-order valence-corrected chi connectivity index (χ3v) is 10.4. The van der Waals surface area contributed by atoms with E-state index >= 15 is 0 Å². The van der Waals surface area contributed by atoms with Crippen molar-refractivity contribution in [3.8, 4) is 86.2 Å². The van der Waals surface area contributed by atoms with Gasteiger partial charge >= 0.3 is 11.9 Å². The van der Waals surface area contributed by atoms with E-state index in [1.165, 1.54) is 0 Å². The second-order valence-corrected chi connectivity index (χ2v) is 14.6. The van der Waals surface area contributed by atoms with Gasteiger partial charge in [0, 0.05) is 53.8 Å². The first-order valence-electron chi connectivity index (χ1n) is 18.4. The fourth-order valence-corrected chi connectivity index (χ4v) is 7.43. The molecule has 13 N–H and O–H groups in total. The molecule has 0 aliphatic carbocycles. The highest BCUT2D eigenvalue weighted by Crippen LogP contribution is 2.48. The molecule has 6 aromatic carbocycles. The van der Waals surface area contributed by atoms with Crippen LogP contribution >= 0.6 is 0 Å². The van der Waals surface area contributed by atoms with Gasteiger partial charge in [0.2, 0.25) is 5.43 Å². The van der Waals surface area contributed by atoms with Crippen LogP contribution in [0.5, 0.6) is 86.2 Å². The van der Waals surface area contributed by atoms with Crippen molar-refractivity contribution in [1.29, 1.82) is 0 Å². The number of aromatic hydroxyl groups is 11. The van der Waals surface area contributed by atoms with Crippen LogP contribution in [0.4, 0.5) is 0 Å². The zero-order valence-electron chi connectivity index (χ0n) is 31.7. The molecular weight excluding hydrogens is 836 g/mol. The van der Waals surface area contributed by atoms with Gasteiger partial charge in [0.25, 0.3) is 0 Å². The smallest absolute Gasteiger partial charge is 0.343 e. The quantitative estimate of drug-likeness (QED) is 0.0647. The van der Waals surface area contributed by atoms with Gasteiger partial charge in [-0.15, -0.1) is 0 Å². The molecule has 20 heteroatoms. The molecule has 2 aliphatic heterocycles. The summed E-state index contributed by atoms with van der Waals surface area (Å²) < 4.78 is 23.1. The summed E-state index contributed by atoms with van der Waals surface area (Å²) in [6.07, 6.45) is -7.02. The van der Waals surface area contributed by atoms with Crippen LogP contribution in [0.3, 0.4) is 0 Å². The first-order chi connectivity index (χ1) is 29.8. The van der Waals surface area contributed by atoms with Gasteiger partial charge in [0.15, 0.2) is 57.8 Å². The molecule has 324 valence electrons. The van der Waals surface area contributed by atoms with Crippen LogP contribution in [0.25, 0.3) is 10.8 Å². The predicted octanol–water partition coefficient (Wildman–Crippen LogP) is 3.47. The van der Waals surface area contributed by atoms with Gasteiger partial charge in [0.1, 0.15) is 40.6 Å². The molecule has 6 aromatic rings. The first-order valence-corrected chi connectivity index (χ1v) is 18.4.